The molecular weight excluding hydrogens is 284 g/mol. The van der Waals surface area contributed by atoms with E-state index in [-0.39, 0.29) is 11.1 Å². The van der Waals surface area contributed by atoms with Crippen LogP contribution in [-0.2, 0) is 20.6 Å². The van der Waals surface area contributed by atoms with Crippen molar-refractivity contribution in [3.8, 4) is 0 Å². The van der Waals surface area contributed by atoms with Gasteiger partial charge in [-0.25, -0.2) is 14.2 Å². The minimum atomic E-state index is -1.13. The van der Waals surface area contributed by atoms with Crippen LogP contribution >= 0.6 is 0 Å². The van der Waals surface area contributed by atoms with Crippen LogP contribution in [0.5, 0.6) is 0 Å². The summed E-state index contributed by atoms with van der Waals surface area (Å²) in [6.45, 7) is 1.68. The monoisotopic (exact) mass is 300 g/mol. The number of fused-ring (bicyclic) bond motifs is 3. The van der Waals surface area contributed by atoms with E-state index in [1.807, 2.05) is 0 Å². The Kier molecular flexibility index (Phi) is 2.35. The lowest BCUT2D eigenvalue weighted by Crippen LogP contribution is -2.47. The predicted molar refractivity (Wildman–Crippen MR) is 80.0 cm³/mol. The van der Waals surface area contributed by atoms with Gasteiger partial charge in [-0.1, -0.05) is 12.1 Å². The molecule has 4 rings (SSSR count). The van der Waals surface area contributed by atoms with Gasteiger partial charge in [0.15, 0.2) is 5.54 Å². The van der Waals surface area contributed by atoms with Crippen molar-refractivity contribution in [3.63, 3.8) is 0 Å². The average molecular weight is 300 g/mol. The first-order valence-corrected chi connectivity index (χ1v) is 7.31. The summed E-state index contributed by atoms with van der Waals surface area (Å²) in [5, 5.41) is 0.751. The van der Waals surface area contributed by atoms with Crippen LogP contribution in [0.2, 0.25) is 0 Å². The van der Waals surface area contributed by atoms with Crippen molar-refractivity contribution in [1.82, 2.24) is 9.36 Å². The number of nitrogens with zero attached hydrogens (tertiary/aromatic N) is 2. The Morgan fingerprint density at radius 2 is 1.64 bits per heavy atom. The molecule has 114 valence electrons. The highest BCUT2D eigenvalue weighted by atomic mass is 16.5. The Bertz CT molecular complexity index is 935. The number of ether oxygens (including phenoxy) is 1. The molecule has 0 radical (unpaired) electrons. The number of rotatable bonds is 1. The van der Waals surface area contributed by atoms with Gasteiger partial charge in [-0.2, -0.15) is 0 Å². The van der Waals surface area contributed by atoms with E-state index in [0.717, 1.165) is 12.8 Å². The van der Waals surface area contributed by atoms with Crippen molar-refractivity contribution < 1.29 is 9.53 Å². The van der Waals surface area contributed by atoms with Crippen molar-refractivity contribution in [2.75, 3.05) is 7.11 Å². The topological polar surface area (TPSA) is 70.3 Å². The maximum atomic E-state index is 12.9. The van der Waals surface area contributed by atoms with Gasteiger partial charge in [-0.15, -0.1) is 0 Å². The second kappa shape index (κ2) is 3.88. The Morgan fingerprint density at radius 1 is 1.09 bits per heavy atom. The largest absolute Gasteiger partial charge is 0.467 e. The zero-order chi connectivity index (χ0) is 15.7. The molecule has 1 unspecified atom stereocenters. The summed E-state index contributed by atoms with van der Waals surface area (Å²) in [4.78, 5) is 38.1. The second-order valence-corrected chi connectivity index (χ2v) is 6.45. The molecule has 1 spiro atoms. The maximum absolute atomic E-state index is 12.9. The molecule has 2 aliphatic rings. The molecule has 1 saturated carbocycles. The average Bonchev–Trinajstić information content (AvgIpc) is 3.22. The van der Waals surface area contributed by atoms with Crippen LogP contribution in [0.4, 0.5) is 0 Å². The highest BCUT2D eigenvalue weighted by Crippen LogP contribution is 2.54. The molecule has 1 fully saturated rings. The summed E-state index contributed by atoms with van der Waals surface area (Å²) in [5.41, 5.74) is -2.07. The van der Waals surface area contributed by atoms with Gasteiger partial charge in [0.1, 0.15) is 0 Å². The molecule has 1 aliphatic carbocycles. The van der Waals surface area contributed by atoms with Gasteiger partial charge in [-0.05, 0) is 31.9 Å². The van der Waals surface area contributed by atoms with E-state index < -0.39 is 17.0 Å². The van der Waals surface area contributed by atoms with E-state index in [4.69, 9.17) is 4.74 Å². The van der Waals surface area contributed by atoms with Gasteiger partial charge in [-0.3, -0.25) is 9.59 Å². The number of hydrogen-bond acceptors (Lipinski definition) is 4. The Hall–Kier alpha value is -2.37. The fraction of sp³-hybridized carbons (Fsp3) is 0.438. The molecule has 22 heavy (non-hydrogen) atoms. The van der Waals surface area contributed by atoms with E-state index in [1.54, 1.807) is 31.2 Å². The molecule has 0 N–H and O–H groups in total. The number of carbonyl (C=O) groups excluding carboxylic acids is 1. The van der Waals surface area contributed by atoms with Crippen LogP contribution in [0.25, 0.3) is 10.8 Å². The lowest BCUT2D eigenvalue weighted by Gasteiger charge is -2.23. The summed E-state index contributed by atoms with van der Waals surface area (Å²) >= 11 is 0. The Balaban J connectivity index is 2.19. The van der Waals surface area contributed by atoms with Gasteiger partial charge >= 0.3 is 5.97 Å². The normalized spacial score (nSPS) is 24.5. The third-order valence-electron chi connectivity index (χ3n) is 5.01. The lowest BCUT2D eigenvalue weighted by atomic mass is 9.94. The third kappa shape index (κ3) is 1.37. The molecule has 2 heterocycles. The molecule has 6 nitrogen and oxygen atoms in total. The Morgan fingerprint density at radius 3 is 2.14 bits per heavy atom. The maximum Gasteiger partial charge on any atom is 0.333 e. The highest BCUT2D eigenvalue weighted by Gasteiger charge is 2.61. The first kappa shape index (κ1) is 13.3. The number of methoxy groups -OCH3 is 1. The number of aromatic nitrogens is 2. The highest BCUT2D eigenvalue weighted by molar-refractivity contribution is 5.83. The van der Waals surface area contributed by atoms with Crippen molar-refractivity contribution in [2.24, 2.45) is 0 Å². The van der Waals surface area contributed by atoms with Gasteiger partial charge in [0.2, 0.25) is 0 Å². The molecule has 1 atom stereocenters. The minimum Gasteiger partial charge on any atom is -0.467 e. The van der Waals surface area contributed by atoms with Gasteiger partial charge in [0, 0.05) is 6.42 Å². The number of benzene rings is 1. The first-order valence-electron chi connectivity index (χ1n) is 7.31. The third-order valence-corrected chi connectivity index (χ3v) is 5.01. The molecule has 0 amide bonds. The zero-order valence-electron chi connectivity index (χ0n) is 12.5. The quantitative estimate of drug-likeness (QED) is 0.735. The van der Waals surface area contributed by atoms with Crippen molar-refractivity contribution >= 4 is 16.7 Å². The van der Waals surface area contributed by atoms with Crippen molar-refractivity contribution in [2.45, 2.75) is 37.3 Å². The molecule has 0 bridgehead atoms. The fourth-order valence-electron chi connectivity index (χ4n) is 3.84. The second-order valence-electron chi connectivity index (χ2n) is 6.45. The number of carbonyl (C=O) groups is 1. The molecule has 1 aromatic heterocycles. The molecule has 1 aromatic carbocycles. The van der Waals surface area contributed by atoms with E-state index in [1.165, 1.54) is 16.5 Å². The smallest absolute Gasteiger partial charge is 0.333 e. The van der Waals surface area contributed by atoms with E-state index in [2.05, 4.69) is 0 Å². The van der Waals surface area contributed by atoms with Crippen molar-refractivity contribution in [3.05, 3.63) is 45.0 Å². The van der Waals surface area contributed by atoms with Crippen LogP contribution < -0.4 is 11.1 Å². The fourth-order valence-corrected chi connectivity index (χ4v) is 3.84. The molecular formula is C16H16N2O4. The van der Waals surface area contributed by atoms with Crippen LogP contribution in [0.1, 0.15) is 26.2 Å². The lowest BCUT2D eigenvalue weighted by molar-refractivity contribution is -0.150. The van der Waals surface area contributed by atoms with Gasteiger partial charge in [0.05, 0.1) is 23.4 Å². The van der Waals surface area contributed by atoms with Gasteiger partial charge < -0.3 is 4.74 Å². The standard InChI is InChI=1S/C16H16N2O4/c1-15(14(21)22-2)9-16(7-8-16)18-13(20)11-6-4-3-5-10(11)12(19)17(15)18/h3-6H,7-9H2,1-2H3. The summed E-state index contributed by atoms with van der Waals surface area (Å²) in [6, 6.07) is 6.76. The van der Waals surface area contributed by atoms with Crippen LogP contribution in [0.15, 0.2) is 33.9 Å². The zero-order valence-corrected chi connectivity index (χ0v) is 12.5. The molecule has 1 aliphatic heterocycles. The molecule has 2 aromatic rings. The van der Waals surface area contributed by atoms with E-state index in [0.29, 0.717) is 17.2 Å². The molecule has 0 saturated heterocycles. The van der Waals surface area contributed by atoms with E-state index in [9.17, 15) is 14.4 Å². The Labute approximate surface area is 125 Å². The van der Waals surface area contributed by atoms with Crippen LogP contribution in [-0.4, -0.2) is 22.4 Å². The van der Waals surface area contributed by atoms with E-state index >= 15 is 0 Å². The van der Waals surface area contributed by atoms with Crippen molar-refractivity contribution in [1.29, 1.82) is 0 Å². The first-order chi connectivity index (χ1) is 10.4. The SMILES string of the molecule is COC(=O)C1(C)CC2(CC2)n2c(=O)c3ccccc3c(=O)n21. The summed E-state index contributed by atoms with van der Waals surface area (Å²) in [7, 11) is 1.31. The summed E-state index contributed by atoms with van der Waals surface area (Å²) in [6.07, 6.45) is 2.03. The van der Waals surface area contributed by atoms with Gasteiger partial charge in [0.25, 0.3) is 11.1 Å². The summed E-state index contributed by atoms with van der Waals surface area (Å²) < 4.78 is 7.75. The molecule has 6 heteroatoms. The summed E-state index contributed by atoms with van der Waals surface area (Å²) in [5.74, 6) is -0.484. The number of esters is 1. The van der Waals surface area contributed by atoms with Crippen LogP contribution in [0, 0.1) is 0 Å². The minimum absolute atomic E-state index is 0.208. The predicted octanol–water partition coefficient (Wildman–Crippen LogP) is 0.944. The van der Waals surface area contributed by atoms with Crippen LogP contribution in [0.3, 0.4) is 0 Å². The number of hydrogen-bond donors (Lipinski definition) is 0.